The number of benzene rings is 1. The fourth-order valence-electron chi connectivity index (χ4n) is 1.92. The molecule has 0 amide bonds. The summed E-state index contributed by atoms with van der Waals surface area (Å²) in [5.41, 5.74) is 1.18. The van der Waals surface area contributed by atoms with Crippen LogP contribution in [0.3, 0.4) is 0 Å². The third kappa shape index (κ3) is 2.55. The molecule has 0 atom stereocenters. The molecule has 5 heteroatoms. The largest absolute Gasteiger partial charge is 0.477 e. The highest BCUT2D eigenvalue weighted by Crippen LogP contribution is 2.38. The summed E-state index contributed by atoms with van der Waals surface area (Å²) in [6, 6.07) is 13.8. The first-order valence-corrected chi connectivity index (χ1v) is 7.83. The number of thioether (sulfide) groups is 1. The first-order chi connectivity index (χ1) is 9.75. The number of hydrogen-bond donors (Lipinski definition) is 1. The molecule has 0 unspecified atom stereocenters. The van der Waals surface area contributed by atoms with Gasteiger partial charge in [-0.2, -0.15) is 0 Å². The minimum atomic E-state index is -0.886. The lowest BCUT2D eigenvalue weighted by Crippen LogP contribution is -1.94. The van der Waals surface area contributed by atoms with Crippen molar-refractivity contribution >= 4 is 39.3 Å². The molecular weight excluding hydrogens is 290 g/mol. The molecular formula is C15H11NO2S2. The molecule has 0 saturated carbocycles. The molecule has 0 fully saturated rings. The van der Waals surface area contributed by atoms with Gasteiger partial charge in [0, 0.05) is 22.2 Å². The van der Waals surface area contributed by atoms with Gasteiger partial charge in [0.15, 0.2) is 0 Å². The van der Waals surface area contributed by atoms with Crippen LogP contribution in [0.25, 0.3) is 10.2 Å². The number of thiophene rings is 1. The zero-order valence-electron chi connectivity index (χ0n) is 10.4. The van der Waals surface area contributed by atoms with E-state index in [0.717, 1.165) is 20.9 Å². The Hall–Kier alpha value is -1.85. The van der Waals surface area contributed by atoms with Gasteiger partial charge in [0.05, 0.1) is 0 Å². The van der Waals surface area contributed by atoms with Gasteiger partial charge in [0.2, 0.25) is 0 Å². The minimum Gasteiger partial charge on any atom is -0.477 e. The van der Waals surface area contributed by atoms with E-state index in [1.54, 1.807) is 18.0 Å². The van der Waals surface area contributed by atoms with Gasteiger partial charge in [-0.15, -0.1) is 23.1 Å². The van der Waals surface area contributed by atoms with Crippen LogP contribution in [0.4, 0.5) is 0 Å². The Morgan fingerprint density at radius 2 is 2.00 bits per heavy atom. The Balaban J connectivity index is 1.97. The normalized spacial score (nSPS) is 10.8. The number of fused-ring (bicyclic) bond motifs is 1. The maximum Gasteiger partial charge on any atom is 0.347 e. The molecule has 100 valence electrons. The number of carboxylic acid groups (broad SMARTS) is 1. The minimum absolute atomic E-state index is 0.375. The second kappa shape index (κ2) is 5.64. The highest BCUT2D eigenvalue weighted by molar-refractivity contribution is 7.99. The zero-order chi connectivity index (χ0) is 13.9. The number of carboxylic acids is 1. The Morgan fingerprint density at radius 1 is 1.20 bits per heavy atom. The summed E-state index contributed by atoms with van der Waals surface area (Å²) in [6.45, 7) is 0. The molecule has 1 aromatic carbocycles. The maximum atomic E-state index is 11.4. The van der Waals surface area contributed by atoms with E-state index >= 15 is 0 Å². The second-order valence-corrected chi connectivity index (χ2v) is 6.18. The molecule has 1 N–H and O–H groups in total. The van der Waals surface area contributed by atoms with Crippen LogP contribution in [0.1, 0.15) is 15.2 Å². The predicted molar refractivity (Wildman–Crippen MR) is 82.6 cm³/mol. The molecule has 3 nitrogen and oxygen atoms in total. The van der Waals surface area contributed by atoms with Gasteiger partial charge in [-0.3, -0.25) is 0 Å². The Bertz CT molecular complexity index is 753. The van der Waals surface area contributed by atoms with Crippen molar-refractivity contribution in [1.82, 2.24) is 4.98 Å². The second-order valence-electron chi connectivity index (χ2n) is 4.20. The van der Waals surface area contributed by atoms with E-state index in [0.29, 0.717) is 4.88 Å². The number of rotatable bonds is 4. The smallest absolute Gasteiger partial charge is 0.347 e. The summed E-state index contributed by atoms with van der Waals surface area (Å²) in [7, 11) is 0. The predicted octanol–water partition coefficient (Wildman–Crippen LogP) is 4.29. The lowest BCUT2D eigenvalue weighted by atomic mass is 10.2. The molecule has 0 bridgehead atoms. The molecule has 2 heterocycles. The van der Waals surface area contributed by atoms with E-state index in [4.69, 9.17) is 0 Å². The molecule has 2 aromatic heterocycles. The monoisotopic (exact) mass is 301 g/mol. The van der Waals surface area contributed by atoms with E-state index in [2.05, 4.69) is 4.98 Å². The number of carbonyl (C=O) groups is 1. The van der Waals surface area contributed by atoms with Crippen LogP contribution in [0.5, 0.6) is 0 Å². The van der Waals surface area contributed by atoms with E-state index in [1.807, 2.05) is 42.5 Å². The van der Waals surface area contributed by atoms with Gasteiger partial charge >= 0.3 is 5.97 Å². The lowest BCUT2D eigenvalue weighted by molar-refractivity contribution is 0.0699. The molecule has 20 heavy (non-hydrogen) atoms. The van der Waals surface area contributed by atoms with Crippen molar-refractivity contribution in [2.45, 2.75) is 10.6 Å². The van der Waals surface area contributed by atoms with E-state index in [1.165, 1.54) is 16.9 Å². The highest BCUT2D eigenvalue weighted by Gasteiger charge is 2.18. The van der Waals surface area contributed by atoms with Crippen molar-refractivity contribution in [1.29, 1.82) is 0 Å². The maximum absolute atomic E-state index is 11.4. The van der Waals surface area contributed by atoms with Crippen LogP contribution in [-0.4, -0.2) is 16.1 Å². The summed E-state index contributed by atoms with van der Waals surface area (Å²) < 4.78 is 0. The van der Waals surface area contributed by atoms with E-state index < -0.39 is 5.97 Å². The van der Waals surface area contributed by atoms with Crippen molar-refractivity contribution in [3.63, 3.8) is 0 Å². The molecule has 3 aromatic rings. The fourth-order valence-corrected chi connectivity index (χ4v) is 4.21. The number of nitrogens with zero attached hydrogens (tertiary/aromatic N) is 1. The topological polar surface area (TPSA) is 50.2 Å². The van der Waals surface area contributed by atoms with Crippen molar-refractivity contribution in [3.8, 4) is 0 Å². The van der Waals surface area contributed by atoms with Crippen molar-refractivity contribution < 1.29 is 9.90 Å². The standard InChI is InChI=1S/C15H11NO2S2/c17-15(18)13-12(11-7-4-8-16-14(11)20-13)19-9-10-5-2-1-3-6-10/h1-8H,9H2,(H,17,18). The zero-order valence-corrected chi connectivity index (χ0v) is 12.1. The summed E-state index contributed by atoms with van der Waals surface area (Å²) in [4.78, 5) is 17.6. The highest BCUT2D eigenvalue weighted by atomic mass is 32.2. The van der Waals surface area contributed by atoms with Crippen LogP contribution >= 0.6 is 23.1 Å². The molecule has 0 aliphatic heterocycles. The Labute approximate surface area is 124 Å². The third-order valence-corrected chi connectivity index (χ3v) is 5.26. The van der Waals surface area contributed by atoms with Crippen LogP contribution in [-0.2, 0) is 5.75 Å². The van der Waals surface area contributed by atoms with Crippen LogP contribution in [0.15, 0.2) is 53.6 Å². The average Bonchev–Trinajstić information content (AvgIpc) is 2.85. The average molecular weight is 301 g/mol. The number of pyridine rings is 1. The van der Waals surface area contributed by atoms with Gasteiger partial charge in [0.1, 0.15) is 9.71 Å². The van der Waals surface area contributed by atoms with Crippen molar-refractivity contribution in [3.05, 3.63) is 59.1 Å². The van der Waals surface area contributed by atoms with Gasteiger partial charge in [0.25, 0.3) is 0 Å². The number of hydrogen-bond acceptors (Lipinski definition) is 4. The van der Waals surface area contributed by atoms with Crippen molar-refractivity contribution in [2.24, 2.45) is 0 Å². The summed E-state index contributed by atoms with van der Waals surface area (Å²) in [6.07, 6.45) is 1.69. The van der Waals surface area contributed by atoms with Crippen LogP contribution in [0, 0.1) is 0 Å². The Kier molecular flexibility index (Phi) is 3.71. The van der Waals surface area contributed by atoms with E-state index in [9.17, 15) is 9.90 Å². The third-order valence-electron chi connectivity index (χ3n) is 2.84. The first-order valence-electron chi connectivity index (χ1n) is 6.03. The molecule has 3 rings (SSSR count). The van der Waals surface area contributed by atoms with Crippen molar-refractivity contribution in [2.75, 3.05) is 0 Å². The van der Waals surface area contributed by atoms with Gasteiger partial charge in [-0.05, 0) is 17.7 Å². The SMILES string of the molecule is O=C(O)c1sc2ncccc2c1SCc1ccccc1. The quantitative estimate of drug-likeness (QED) is 0.730. The van der Waals surface area contributed by atoms with Crippen LogP contribution < -0.4 is 0 Å². The molecule has 0 aliphatic carbocycles. The first kappa shape index (κ1) is 13.1. The number of aromatic carboxylic acids is 1. The summed E-state index contributed by atoms with van der Waals surface area (Å²) in [5.74, 6) is -0.134. The summed E-state index contributed by atoms with van der Waals surface area (Å²) >= 11 is 2.79. The van der Waals surface area contributed by atoms with Gasteiger partial charge in [-0.1, -0.05) is 30.3 Å². The Morgan fingerprint density at radius 3 is 2.75 bits per heavy atom. The molecule has 0 saturated heterocycles. The summed E-state index contributed by atoms with van der Waals surface area (Å²) in [5, 5.41) is 10.3. The van der Waals surface area contributed by atoms with E-state index in [-0.39, 0.29) is 0 Å². The van der Waals surface area contributed by atoms with Gasteiger partial charge < -0.3 is 5.11 Å². The lowest BCUT2D eigenvalue weighted by Gasteiger charge is -2.02. The molecule has 0 spiro atoms. The van der Waals surface area contributed by atoms with Crippen LogP contribution in [0.2, 0.25) is 0 Å². The fraction of sp³-hybridized carbons (Fsp3) is 0.0667. The van der Waals surface area contributed by atoms with Gasteiger partial charge in [-0.25, -0.2) is 9.78 Å². The number of aromatic nitrogens is 1. The molecule has 0 radical (unpaired) electrons. The molecule has 0 aliphatic rings.